The summed E-state index contributed by atoms with van der Waals surface area (Å²) in [6.45, 7) is 4.04. The van der Waals surface area contributed by atoms with Crippen LogP contribution in [0.15, 0.2) is 34.2 Å². The molecule has 2 aromatic rings. The summed E-state index contributed by atoms with van der Waals surface area (Å²) in [4.78, 5) is 30.0. The van der Waals surface area contributed by atoms with E-state index in [-0.39, 0.29) is 29.3 Å². The average Bonchev–Trinajstić information content (AvgIpc) is 2.67. The SMILES string of the molecule is CC[C@H](C)NC(=O)CSc1nc2ccccc2c(=O)n1C1CCCCC1. The molecule has 6 heteroatoms. The molecule has 5 nitrogen and oxygen atoms in total. The van der Waals surface area contributed by atoms with Gasteiger partial charge in [-0.1, -0.05) is 50.1 Å². The molecule has 1 aromatic heterocycles. The molecule has 1 atom stereocenters. The Morgan fingerprint density at radius 2 is 2.04 bits per heavy atom. The summed E-state index contributed by atoms with van der Waals surface area (Å²) in [7, 11) is 0. The molecule has 0 spiro atoms. The molecule has 1 aliphatic carbocycles. The molecule has 1 amide bonds. The van der Waals surface area contributed by atoms with Crippen LogP contribution in [-0.4, -0.2) is 27.3 Å². The van der Waals surface area contributed by atoms with E-state index < -0.39 is 0 Å². The highest BCUT2D eigenvalue weighted by Crippen LogP contribution is 2.31. The number of carbonyl (C=O) groups is 1. The zero-order valence-electron chi connectivity index (χ0n) is 15.5. The Kier molecular flexibility index (Phi) is 6.35. The highest BCUT2D eigenvalue weighted by molar-refractivity contribution is 7.99. The number of amides is 1. The third-order valence-corrected chi connectivity index (χ3v) is 6.02. The highest BCUT2D eigenvalue weighted by Gasteiger charge is 2.22. The van der Waals surface area contributed by atoms with Gasteiger partial charge in [-0.15, -0.1) is 0 Å². The topological polar surface area (TPSA) is 64.0 Å². The van der Waals surface area contributed by atoms with Gasteiger partial charge in [0.05, 0.1) is 16.7 Å². The quantitative estimate of drug-likeness (QED) is 0.616. The highest BCUT2D eigenvalue weighted by atomic mass is 32.2. The predicted octanol–water partition coefficient (Wildman–Crippen LogP) is 3.91. The van der Waals surface area contributed by atoms with E-state index in [0.717, 1.165) is 32.1 Å². The second kappa shape index (κ2) is 8.71. The summed E-state index contributed by atoms with van der Waals surface area (Å²) in [6.07, 6.45) is 6.42. The number of carbonyl (C=O) groups excluding carboxylic acids is 1. The molecule has 1 N–H and O–H groups in total. The summed E-state index contributed by atoms with van der Waals surface area (Å²) in [5.74, 6) is 0.268. The number of aromatic nitrogens is 2. The van der Waals surface area contributed by atoms with Crippen molar-refractivity contribution in [1.82, 2.24) is 14.9 Å². The molecule has 1 saturated carbocycles. The average molecular weight is 374 g/mol. The minimum Gasteiger partial charge on any atom is -0.353 e. The molecule has 0 aliphatic heterocycles. The van der Waals surface area contributed by atoms with Crippen molar-refractivity contribution in [3.63, 3.8) is 0 Å². The minimum absolute atomic E-state index is 0.0121. The van der Waals surface area contributed by atoms with Crippen molar-refractivity contribution < 1.29 is 4.79 Å². The van der Waals surface area contributed by atoms with Gasteiger partial charge >= 0.3 is 0 Å². The molecule has 1 fully saturated rings. The van der Waals surface area contributed by atoms with Crippen molar-refractivity contribution in [3.05, 3.63) is 34.6 Å². The van der Waals surface area contributed by atoms with Crippen molar-refractivity contribution in [1.29, 1.82) is 0 Å². The number of rotatable bonds is 6. The summed E-state index contributed by atoms with van der Waals surface area (Å²) in [5.41, 5.74) is 0.724. The van der Waals surface area contributed by atoms with Crippen LogP contribution in [0, 0.1) is 0 Å². The first-order valence-electron chi connectivity index (χ1n) is 9.53. The van der Waals surface area contributed by atoms with Crippen LogP contribution in [0.5, 0.6) is 0 Å². The first-order chi connectivity index (χ1) is 12.6. The smallest absolute Gasteiger partial charge is 0.262 e. The molecule has 1 aromatic carbocycles. The Morgan fingerprint density at radius 3 is 2.77 bits per heavy atom. The van der Waals surface area contributed by atoms with Crippen molar-refractivity contribution in [2.45, 2.75) is 69.6 Å². The lowest BCUT2D eigenvalue weighted by Gasteiger charge is -2.26. The lowest BCUT2D eigenvalue weighted by Crippen LogP contribution is -2.34. The van der Waals surface area contributed by atoms with Crippen LogP contribution >= 0.6 is 11.8 Å². The van der Waals surface area contributed by atoms with Gasteiger partial charge in [-0.3, -0.25) is 14.2 Å². The standard InChI is InChI=1S/C20H27N3O2S/c1-3-14(2)21-18(24)13-26-20-22-17-12-8-7-11-16(17)19(25)23(20)15-9-5-4-6-10-15/h7-8,11-12,14-15H,3-6,9-10,13H2,1-2H3,(H,21,24)/t14-/m0/s1. The lowest BCUT2D eigenvalue weighted by atomic mass is 9.95. The molecular formula is C20H27N3O2S. The number of nitrogens with one attached hydrogen (secondary N) is 1. The first-order valence-corrected chi connectivity index (χ1v) is 10.5. The maximum atomic E-state index is 13.1. The van der Waals surface area contributed by atoms with Gasteiger partial charge < -0.3 is 5.32 Å². The van der Waals surface area contributed by atoms with Crippen LogP contribution in [0.1, 0.15) is 58.4 Å². The van der Waals surface area contributed by atoms with Crippen LogP contribution in [0.2, 0.25) is 0 Å². The van der Waals surface area contributed by atoms with Gasteiger partial charge in [0.2, 0.25) is 5.91 Å². The predicted molar refractivity (Wildman–Crippen MR) is 107 cm³/mol. The number of nitrogens with zero attached hydrogens (tertiary/aromatic N) is 2. The zero-order valence-corrected chi connectivity index (χ0v) is 16.3. The lowest BCUT2D eigenvalue weighted by molar-refractivity contribution is -0.119. The van der Waals surface area contributed by atoms with E-state index in [1.54, 1.807) is 0 Å². The van der Waals surface area contributed by atoms with Gasteiger partial charge in [0.25, 0.3) is 5.56 Å². The third-order valence-electron chi connectivity index (χ3n) is 5.07. The molecule has 3 rings (SSSR count). The van der Waals surface area contributed by atoms with Gasteiger partial charge in [0.15, 0.2) is 5.16 Å². The second-order valence-electron chi connectivity index (χ2n) is 7.04. The fourth-order valence-corrected chi connectivity index (χ4v) is 4.31. The molecule has 140 valence electrons. The Morgan fingerprint density at radius 1 is 1.31 bits per heavy atom. The number of fused-ring (bicyclic) bond motifs is 1. The fraction of sp³-hybridized carbons (Fsp3) is 0.550. The number of para-hydroxylation sites is 1. The van der Waals surface area contributed by atoms with E-state index in [9.17, 15) is 9.59 Å². The first kappa shape index (κ1) is 19.0. The Balaban J connectivity index is 1.91. The van der Waals surface area contributed by atoms with Crippen molar-refractivity contribution in [2.24, 2.45) is 0 Å². The second-order valence-corrected chi connectivity index (χ2v) is 7.99. The zero-order chi connectivity index (χ0) is 18.5. The van der Waals surface area contributed by atoms with Gasteiger partial charge in [-0.2, -0.15) is 0 Å². The molecule has 0 unspecified atom stereocenters. The molecule has 26 heavy (non-hydrogen) atoms. The molecule has 0 bridgehead atoms. The molecule has 1 heterocycles. The van der Waals surface area contributed by atoms with E-state index in [0.29, 0.717) is 16.1 Å². The minimum atomic E-state index is -0.0121. The Labute approximate surface area is 158 Å². The van der Waals surface area contributed by atoms with Crippen LogP contribution in [0.3, 0.4) is 0 Å². The van der Waals surface area contributed by atoms with Crippen molar-refractivity contribution >= 4 is 28.6 Å². The van der Waals surface area contributed by atoms with E-state index >= 15 is 0 Å². The van der Waals surface area contributed by atoms with E-state index in [2.05, 4.69) is 5.32 Å². The van der Waals surface area contributed by atoms with Crippen LogP contribution in [0.4, 0.5) is 0 Å². The summed E-state index contributed by atoms with van der Waals surface area (Å²) in [6, 6.07) is 7.83. The van der Waals surface area contributed by atoms with E-state index in [1.165, 1.54) is 18.2 Å². The summed E-state index contributed by atoms with van der Waals surface area (Å²) < 4.78 is 1.85. The number of thioether (sulfide) groups is 1. The molecule has 0 radical (unpaired) electrons. The normalized spacial score (nSPS) is 16.5. The van der Waals surface area contributed by atoms with Gasteiger partial charge in [0, 0.05) is 12.1 Å². The maximum absolute atomic E-state index is 13.1. The van der Waals surface area contributed by atoms with Gasteiger partial charge in [0.1, 0.15) is 0 Å². The molecule has 0 saturated heterocycles. The van der Waals surface area contributed by atoms with Crippen molar-refractivity contribution in [3.8, 4) is 0 Å². The molecule has 1 aliphatic rings. The van der Waals surface area contributed by atoms with Crippen molar-refractivity contribution in [2.75, 3.05) is 5.75 Å². The Hall–Kier alpha value is -1.82. The van der Waals surface area contributed by atoms with Gasteiger partial charge in [-0.25, -0.2) is 4.98 Å². The number of hydrogen-bond donors (Lipinski definition) is 1. The van der Waals surface area contributed by atoms with Crippen LogP contribution in [-0.2, 0) is 4.79 Å². The summed E-state index contributed by atoms with van der Waals surface area (Å²) >= 11 is 1.37. The Bertz CT molecular complexity index is 827. The monoisotopic (exact) mass is 373 g/mol. The maximum Gasteiger partial charge on any atom is 0.262 e. The van der Waals surface area contributed by atoms with Gasteiger partial charge in [-0.05, 0) is 38.3 Å². The van der Waals surface area contributed by atoms with E-state index in [4.69, 9.17) is 4.98 Å². The fourth-order valence-electron chi connectivity index (χ4n) is 3.44. The van der Waals surface area contributed by atoms with E-state index in [1.807, 2.05) is 42.7 Å². The number of hydrogen-bond acceptors (Lipinski definition) is 4. The van der Waals surface area contributed by atoms with Crippen LogP contribution < -0.4 is 10.9 Å². The summed E-state index contributed by atoms with van der Waals surface area (Å²) in [5, 5.41) is 4.30. The third kappa shape index (κ3) is 4.29. The largest absolute Gasteiger partial charge is 0.353 e. The molecular weight excluding hydrogens is 346 g/mol. The van der Waals surface area contributed by atoms with Crippen LogP contribution in [0.25, 0.3) is 10.9 Å². The number of benzene rings is 1.